The average molecular weight is 270 g/mol. The number of benzene rings is 2. The molecule has 0 aromatic heterocycles. The molecule has 2 aromatic rings. The first-order chi connectivity index (χ1) is 9.72. The van der Waals surface area contributed by atoms with Gasteiger partial charge in [0.05, 0.1) is 5.56 Å². The molecule has 2 aromatic carbocycles. The van der Waals surface area contributed by atoms with Crippen molar-refractivity contribution in [3.05, 3.63) is 59.7 Å². The largest absolute Gasteiger partial charge is 0.508 e. The molecule has 0 radical (unpaired) electrons. The van der Waals surface area contributed by atoms with Crippen LogP contribution in [-0.4, -0.2) is 23.8 Å². The highest BCUT2D eigenvalue weighted by molar-refractivity contribution is 5.89. The SMILES string of the molecule is O=C(OC1COc2ccccc2C1)c1ccc(O)cc1. The average Bonchev–Trinajstić information content (AvgIpc) is 2.48. The van der Waals surface area contributed by atoms with Gasteiger partial charge < -0.3 is 14.6 Å². The van der Waals surface area contributed by atoms with Gasteiger partial charge in [-0.15, -0.1) is 0 Å². The first-order valence-electron chi connectivity index (χ1n) is 6.43. The van der Waals surface area contributed by atoms with Crippen LogP contribution in [-0.2, 0) is 11.2 Å². The van der Waals surface area contributed by atoms with Crippen molar-refractivity contribution >= 4 is 5.97 Å². The molecule has 4 heteroatoms. The Morgan fingerprint density at radius 1 is 1.15 bits per heavy atom. The van der Waals surface area contributed by atoms with Gasteiger partial charge in [-0.2, -0.15) is 0 Å². The van der Waals surface area contributed by atoms with Gasteiger partial charge in [-0.05, 0) is 35.9 Å². The number of carbonyl (C=O) groups excluding carboxylic acids is 1. The smallest absolute Gasteiger partial charge is 0.338 e. The van der Waals surface area contributed by atoms with Crippen molar-refractivity contribution in [1.82, 2.24) is 0 Å². The van der Waals surface area contributed by atoms with E-state index < -0.39 is 5.97 Å². The summed E-state index contributed by atoms with van der Waals surface area (Å²) in [6.07, 6.45) is 0.367. The number of ether oxygens (including phenoxy) is 2. The van der Waals surface area contributed by atoms with Crippen LogP contribution >= 0.6 is 0 Å². The van der Waals surface area contributed by atoms with Gasteiger partial charge in [-0.1, -0.05) is 18.2 Å². The predicted octanol–water partition coefficient (Wildman–Crippen LogP) is 2.55. The molecule has 0 fully saturated rings. The van der Waals surface area contributed by atoms with Gasteiger partial charge in [0, 0.05) is 6.42 Å². The predicted molar refractivity (Wildman–Crippen MR) is 73.0 cm³/mol. The third kappa shape index (κ3) is 2.59. The van der Waals surface area contributed by atoms with Crippen LogP contribution in [0, 0.1) is 0 Å². The molecule has 1 heterocycles. The van der Waals surface area contributed by atoms with Crippen molar-refractivity contribution in [3.8, 4) is 11.5 Å². The second-order valence-electron chi connectivity index (χ2n) is 4.70. The van der Waals surface area contributed by atoms with E-state index in [1.807, 2.05) is 24.3 Å². The molecule has 1 unspecified atom stereocenters. The molecule has 0 spiro atoms. The van der Waals surface area contributed by atoms with Crippen LogP contribution in [0.5, 0.6) is 11.5 Å². The van der Waals surface area contributed by atoms with E-state index in [0.717, 1.165) is 11.3 Å². The highest BCUT2D eigenvalue weighted by Crippen LogP contribution is 2.25. The zero-order chi connectivity index (χ0) is 13.9. The number of para-hydroxylation sites is 1. The molecule has 1 aliphatic rings. The summed E-state index contributed by atoms with van der Waals surface area (Å²) < 4.78 is 11.0. The summed E-state index contributed by atoms with van der Waals surface area (Å²) in [6, 6.07) is 13.7. The number of hydrogen-bond donors (Lipinski definition) is 1. The van der Waals surface area contributed by atoms with Gasteiger partial charge in [-0.3, -0.25) is 0 Å². The molecule has 1 aliphatic heterocycles. The number of phenols is 1. The second-order valence-corrected chi connectivity index (χ2v) is 4.70. The van der Waals surface area contributed by atoms with E-state index in [2.05, 4.69) is 0 Å². The minimum atomic E-state index is -0.405. The lowest BCUT2D eigenvalue weighted by Gasteiger charge is -2.25. The first kappa shape index (κ1) is 12.5. The summed E-state index contributed by atoms with van der Waals surface area (Å²) in [6.45, 7) is 0.362. The molecule has 0 bridgehead atoms. The van der Waals surface area contributed by atoms with Crippen LogP contribution in [0.15, 0.2) is 48.5 Å². The maximum Gasteiger partial charge on any atom is 0.338 e. The minimum Gasteiger partial charge on any atom is -0.508 e. The zero-order valence-electron chi connectivity index (χ0n) is 10.8. The van der Waals surface area contributed by atoms with Crippen LogP contribution in [0.1, 0.15) is 15.9 Å². The number of phenolic OH excluding ortho intramolecular Hbond substituents is 1. The lowest BCUT2D eigenvalue weighted by Crippen LogP contribution is -2.31. The highest BCUT2D eigenvalue weighted by Gasteiger charge is 2.23. The maximum atomic E-state index is 12.0. The molecule has 1 N–H and O–H groups in total. The summed E-state index contributed by atoms with van der Waals surface area (Å²) in [4.78, 5) is 12.0. The van der Waals surface area contributed by atoms with E-state index in [1.165, 1.54) is 24.3 Å². The Morgan fingerprint density at radius 2 is 1.90 bits per heavy atom. The van der Waals surface area contributed by atoms with E-state index in [1.54, 1.807) is 0 Å². The third-order valence-electron chi connectivity index (χ3n) is 3.22. The number of esters is 1. The third-order valence-corrected chi connectivity index (χ3v) is 3.22. The summed E-state index contributed by atoms with van der Waals surface area (Å²) in [5.41, 5.74) is 1.46. The Kier molecular flexibility index (Phi) is 3.29. The summed E-state index contributed by atoms with van der Waals surface area (Å²) in [5, 5.41) is 9.20. The number of fused-ring (bicyclic) bond motifs is 1. The normalized spacial score (nSPS) is 16.9. The Labute approximate surface area is 116 Å². The maximum absolute atomic E-state index is 12.0. The summed E-state index contributed by atoms with van der Waals surface area (Å²) in [7, 11) is 0. The van der Waals surface area contributed by atoms with Crippen LogP contribution in [0.3, 0.4) is 0 Å². The topological polar surface area (TPSA) is 55.8 Å². The fraction of sp³-hybridized carbons (Fsp3) is 0.188. The van der Waals surface area contributed by atoms with Crippen molar-refractivity contribution in [1.29, 1.82) is 0 Å². The molecule has 0 saturated carbocycles. The fourth-order valence-corrected chi connectivity index (χ4v) is 2.19. The van der Waals surface area contributed by atoms with Gasteiger partial charge in [0.2, 0.25) is 0 Å². The van der Waals surface area contributed by atoms with Crippen LogP contribution in [0.2, 0.25) is 0 Å². The molecular weight excluding hydrogens is 256 g/mol. The van der Waals surface area contributed by atoms with Crippen molar-refractivity contribution < 1.29 is 19.4 Å². The molecule has 4 nitrogen and oxygen atoms in total. The van der Waals surface area contributed by atoms with E-state index in [0.29, 0.717) is 18.6 Å². The van der Waals surface area contributed by atoms with Gasteiger partial charge in [0.15, 0.2) is 0 Å². The first-order valence-corrected chi connectivity index (χ1v) is 6.43. The molecular formula is C16H14O4. The molecule has 0 amide bonds. The number of aromatic hydroxyl groups is 1. The zero-order valence-corrected chi connectivity index (χ0v) is 10.8. The Bertz CT molecular complexity index is 619. The van der Waals surface area contributed by atoms with Crippen molar-refractivity contribution in [2.45, 2.75) is 12.5 Å². The van der Waals surface area contributed by atoms with E-state index >= 15 is 0 Å². The van der Waals surface area contributed by atoms with Crippen LogP contribution in [0.25, 0.3) is 0 Å². The van der Waals surface area contributed by atoms with Crippen LogP contribution < -0.4 is 4.74 Å². The molecule has 1 atom stereocenters. The van der Waals surface area contributed by atoms with Gasteiger partial charge >= 0.3 is 5.97 Å². The number of carbonyl (C=O) groups is 1. The molecule has 0 aliphatic carbocycles. The lowest BCUT2D eigenvalue weighted by molar-refractivity contribution is 0.0132. The van der Waals surface area contributed by atoms with Gasteiger partial charge in [0.25, 0.3) is 0 Å². The Balaban J connectivity index is 1.67. The van der Waals surface area contributed by atoms with E-state index in [4.69, 9.17) is 9.47 Å². The minimum absolute atomic E-state index is 0.122. The fourth-order valence-electron chi connectivity index (χ4n) is 2.19. The summed E-state index contributed by atoms with van der Waals surface area (Å²) in [5.74, 6) is 0.568. The number of rotatable bonds is 2. The number of hydrogen-bond acceptors (Lipinski definition) is 4. The molecule has 0 saturated heterocycles. The summed E-state index contributed by atoms with van der Waals surface area (Å²) >= 11 is 0. The molecule has 102 valence electrons. The standard InChI is InChI=1S/C16H14O4/c17-13-7-5-11(6-8-13)16(18)20-14-9-12-3-1-2-4-15(12)19-10-14/h1-8,14,17H,9-10H2. The second kappa shape index (κ2) is 5.25. The van der Waals surface area contributed by atoms with Gasteiger partial charge in [-0.25, -0.2) is 4.79 Å². The van der Waals surface area contributed by atoms with E-state index in [-0.39, 0.29) is 11.9 Å². The quantitative estimate of drug-likeness (QED) is 0.852. The highest BCUT2D eigenvalue weighted by atomic mass is 16.6. The van der Waals surface area contributed by atoms with Crippen LogP contribution in [0.4, 0.5) is 0 Å². The molecule has 3 rings (SSSR count). The Morgan fingerprint density at radius 3 is 2.70 bits per heavy atom. The monoisotopic (exact) mass is 270 g/mol. The van der Waals surface area contributed by atoms with Crippen molar-refractivity contribution in [2.75, 3.05) is 6.61 Å². The molecule has 20 heavy (non-hydrogen) atoms. The lowest BCUT2D eigenvalue weighted by atomic mass is 10.0. The van der Waals surface area contributed by atoms with E-state index in [9.17, 15) is 9.90 Å². The van der Waals surface area contributed by atoms with Crippen molar-refractivity contribution in [2.24, 2.45) is 0 Å². The Hall–Kier alpha value is -2.49. The van der Waals surface area contributed by atoms with Crippen molar-refractivity contribution in [3.63, 3.8) is 0 Å². The van der Waals surface area contributed by atoms with Gasteiger partial charge in [0.1, 0.15) is 24.2 Å².